The number of nitrogens with one attached hydrogen (secondary N) is 1. The predicted molar refractivity (Wildman–Crippen MR) is 85.5 cm³/mol. The zero-order chi connectivity index (χ0) is 15.5. The van der Waals surface area contributed by atoms with Crippen molar-refractivity contribution >= 4 is 23.1 Å². The lowest BCUT2D eigenvalue weighted by Crippen LogP contribution is -2.09. The van der Waals surface area contributed by atoms with Crippen molar-refractivity contribution in [2.45, 2.75) is 6.42 Å². The molecule has 114 valence electrons. The number of nitrogen functional groups attached to an aromatic ring is 1. The molecule has 1 aromatic carbocycles. The summed E-state index contributed by atoms with van der Waals surface area (Å²) in [5, 5.41) is 12.0. The van der Waals surface area contributed by atoms with Gasteiger partial charge in [0.05, 0.1) is 12.3 Å². The van der Waals surface area contributed by atoms with Crippen LogP contribution in [0.4, 0.5) is 11.9 Å². The van der Waals surface area contributed by atoms with Crippen LogP contribution < -0.4 is 11.1 Å². The van der Waals surface area contributed by atoms with Crippen molar-refractivity contribution in [2.75, 3.05) is 24.2 Å². The van der Waals surface area contributed by atoms with Crippen LogP contribution in [-0.4, -0.2) is 37.8 Å². The molecule has 0 radical (unpaired) electrons. The molecule has 4 N–H and O–H groups in total. The standard InChI is InChI=1S/C15H18N6O/c1-21-13-12(19-15(21)17-7-8-22)11(18-14(16)20-13)9-10-5-3-2-4-6-10/h2-6,22H,7-9H2,1H3,(H,17,19)(H2,16,18,20). The lowest BCUT2D eigenvalue weighted by atomic mass is 10.1. The van der Waals surface area contributed by atoms with Gasteiger partial charge in [-0.25, -0.2) is 9.97 Å². The maximum absolute atomic E-state index is 8.94. The molecule has 7 heteroatoms. The molecule has 3 rings (SSSR count). The summed E-state index contributed by atoms with van der Waals surface area (Å²) in [5.41, 5.74) is 9.16. The van der Waals surface area contributed by atoms with Crippen LogP contribution in [-0.2, 0) is 13.5 Å². The van der Waals surface area contributed by atoms with E-state index in [1.165, 1.54) is 0 Å². The van der Waals surface area contributed by atoms with E-state index in [9.17, 15) is 0 Å². The fourth-order valence-electron chi connectivity index (χ4n) is 2.37. The number of rotatable bonds is 5. The van der Waals surface area contributed by atoms with Crippen molar-refractivity contribution in [3.63, 3.8) is 0 Å². The molecule has 2 aromatic heterocycles. The van der Waals surface area contributed by atoms with Crippen molar-refractivity contribution in [2.24, 2.45) is 7.05 Å². The maximum atomic E-state index is 8.94. The van der Waals surface area contributed by atoms with Gasteiger partial charge in [0.15, 0.2) is 5.65 Å². The number of nitrogens with zero attached hydrogens (tertiary/aromatic N) is 4. The first-order valence-electron chi connectivity index (χ1n) is 7.06. The van der Waals surface area contributed by atoms with Crippen molar-refractivity contribution in [1.29, 1.82) is 0 Å². The molecule has 0 saturated heterocycles. The summed E-state index contributed by atoms with van der Waals surface area (Å²) in [6.45, 7) is 0.460. The van der Waals surface area contributed by atoms with Crippen LogP contribution in [0.1, 0.15) is 11.3 Å². The van der Waals surface area contributed by atoms with Gasteiger partial charge in [-0.1, -0.05) is 30.3 Å². The minimum atomic E-state index is 0.0356. The molecule has 22 heavy (non-hydrogen) atoms. The normalized spacial score (nSPS) is 11.0. The summed E-state index contributed by atoms with van der Waals surface area (Å²) in [6.07, 6.45) is 0.639. The van der Waals surface area contributed by atoms with Gasteiger partial charge in [-0.3, -0.25) is 4.57 Å². The van der Waals surface area contributed by atoms with Crippen molar-refractivity contribution in [3.05, 3.63) is 41.6 Å². The van der Waals surface area contributed by atoms with Crippen molar-refractivity contribution < 1.29 is 5.11 Å². The van der Waals surface area contributed by atoms with Gasteiger partial charge in [0, 0.05) is 20.0 Å². The molecule has 0 spiro atoms. The Kier molecular flexibility index (Phi) is 3.88. The number of benzene rings is 1. The van der Waals surface area contributed by atoms with E-state index in [0.29, 0.717) is 24.6 Å². The van der Waals surface area contributed by atoms with Crippen LogP contribution in [0, 0.1) is 0 Å². The van der Waals surface area contributed by atoms with E-state index in [1.807, 2.05) is 41.9 Å². The summed E-state index contributed by atoms with van der Waals surface area (Å²) in [7, 11) is 1.85. The molecule has 0 unspecified atom stereocenters. The van der Waals surface area contributed by atoms with Crippen LogP contribution >= 0.6 is 0 Å². The van der Waals surface area contributed by atoms with Gasteiger partial charge < -0.3 is 16.2 Å². The summed E-state index contributed by atoms with van der Waals surface area (Å²) in [6, 6.07) is 10.0. The second-order valence-corrected chi connectivity index (χ2v) is 5.01. The van der Waals surface area contributed by atoms with Crippen LogP contribution in [0.5, 0.6) is 0 Å². The lowest BCUT2D eigenvalue weighted by molar-refractivity contribution is 0.310. The Hall–Kier alpha value is -2.67. The molecule has 0 atom stereocenters. The Labute approximate surface area is 127 Å². The Bertz CT molecular complexity index is 784. The fourth-order valence-corrected chi connectivity index (χ4v) is 2.37. The molecule has 7 nitrogen and oxygen atoms in total. The van der Waals surface area contributed by atoms with Gasteiger partial charge in [0.2, 0.25) is 11.9 Å². The number of imidazole rings is 1. The highest BCUT2D eigenvalue weighted by atomic mass is 16.3. The van der Waals surface area contributed by atoms with Crippen LogP contribution in [0.15, 0.2) is 30.3 Å². The van der Waals surface area contributed by atoms with Crippen LogP contribution in [0.25, 0.3) is 11.2 Å². The quantitative estimate of drug-likeness (QED) is 0.648. The van der Waals surface area contributed by atoms with E-state index < -0.39 is 0 Å². The molecule has 2 heterocycles. The summed E-state index contributed by atoms with van der Waals surface area (Å²) < 4.78 is 1.82. The fraction of sp³-hybridized carbons (Fsp3) is 0.267. The number of hydrogen-bond acceptors (Lipinski definition) is 6. The molecule has 0 bridgehead atoms. The third-order valence-electron chi connectivity index (χ3n) is 3.42. The SMILES string of the molecule is Cn1c(NCCO)nc2c(Cc3ccccc3)nc(N)nc21. The Morgan fingerprint density at radius 3 is 2.68 bits per heavy atom. The number of aliphatic hydroxyl groups excluding tert-OH is 1. The minimum Gasteiger partial charge on any atom is -0.395 e. The van der Waals surface area contributed by atoms with Crippen LogP contribution in [0.2, 0.25) is 0 Å². The first-order chi connectivity index (χ1) is 10.7. The number of fused-ring (bicyclic) bond motifs is 1. The van der Waals surface area contributed by atoms with E-state index in [-0.39, 0.29) is 12.6 Å². The average Bonchev–Trinajstić information content (AvgIpc) is 2.83. The Balaban J connectivity index is 2.05. The highest BCUT2D eigenvalue weighted by Crippen LogP contribution is 2.22. The van der Waals surface area contributed by atoms with Gasteiger partial charge in [-0.05, 0) is 5.56 Å². The van der Waals surface area contributed by atoms with E-state index >= 15 is 0 Å². The topological polar surface area (TPSA) is 102 Å². The molecular formula is C15H18N6O. The number of anilines is 2. The summed E-state index contributed by atoms with van der Waals surface area (Å²) >= 11 is 0. The predicted octanol–water partition coefficient (Wildman–Crippen LogP) is 0.940. The lowest BCUT2D eigenvalue weighted by Gasteiger charge is -2.04. The van der Waals surface area contributed by atoms with Gasteiger partial charge in [-0.2, -0.15) is 4.98 Å². The van der Waals surface area contributed by atoms with Gasteiger partial charge in [0.1, 0.15) is 5.52 Å². The number of aromatic nitrogens is 4. The molecule has 0 aliphatic rings. The van der Waals surface area contributed by atoms with Crippen molar-refractivity contribution in [1.82, 2.24) is 19.5 Å². The molecule has 0 fully saturated rings. The molecule has 0 saturated carbocycles. The van der Waals surface area contributed by atoms with E-state index in [2.05, 4.69) is 20.3 Å². The third-order valence-corrected chi connectivity index (χ3v) is 3.42. The maximum Gasteiger partial charge on any atom is 0.222 e. The molecule has 0 aliphatic carbocycles. The Morgan fingerprint density at radius 2 is 1.95 bits per heavy atom. The van der Waals surface area contributed by atoms with Gasteiger partial charge >= 0.3 is 0 Å². The second kappa shape index (κ2) is 5.98. The summed E-state index contributed by atoms with van der Waals surface area (Å²) in [5.74, 6) is 0.869. The zero-order valence-electron chi connectivity index (χ0n) is 12.3. The smallest absolute Gasteiger partial charge is 0.222 e. The minimum absolute atomic E-state index is 0.0356. The molecule has 0 amide bonds. The van der Waals surface area contributed by atoms with Crippen LogP contribution in [0.3, 0.4) is 0 Å². The highest BCUT2D eigenvalue weighted by molar-refractivity contribution is 5.78. The number of hydrogen-bond donors (Lipinski definition) is 3. The number of aryl methyl sites for hydroxylation is 1. The van der Waals surface area contributed by atoms with E-state index in [4.69, 9.17) is 10.8 Å². The summed E-state index contributed by atoms with van der Waals surface area (Å²) in [4.78, 5) is 13.2. The second-order valence-electron chi connectivity index (χ2n) is 5.01. The van der Waals surface area contributed by atoms with Gasteiger partial charge in [-0.15, -0.1) is 0 Å². The van der Waals surface area contributed by atoms with Crippen molar-refractivity contribution in [3.8, 4) is 0 Å². The largest absolute Gasteiger partial charge is 0.395 e. The van der Waals surface area contributed by atoms with E-state index in [1.54, 1.807) is 0 Å². The zero-order valence-corrected chi connectivity index (χ0v) is 12.3. The van der Waals surface area contributed by atoms with Gasteiger partial charge in [0.25, 0.3) is 0 Å². The highest BCUT2D eigenvalue weighted by Gasteiger charge is 2.15. The third kappa shape index (κ3) is 2.71. The number of nitrogens with two attached hydrogens (primary N) is 1. The molecule has 0 aliphatic heterocycles. The molecular weight excluding hydrogens is 280 g/mol. The average molecular weight is 298 g/mol. The monoisotopic (exact) mass is 298 g/mol. The first-order valence-corrected chi connectivity index (χ1v) is 7.06. The van der Waals surface area contributed by atoms with E-state index in [0.717, 1.165) is 16.8 Å². The first kappa shape index (κ1) is 14.3. The molecule has 3 aromatic rings. The Morgan fingerprint density at radius 1 is 1.18 bits per heavy atom. The number of aliphatic hydroxyl groups is 1.